The van der Waals surface area contributed by atoms with Gasteiger partial charge in [-0.25, -0.2) is 4.79 Å². The number of alkyl halides is 2. The van der Waals surface area contributed by atoms with Crippen LogP contribution in [0.15, 0.2) is 54.6 Å². The number of thiophene rings is 1. The second-order valence-corrected chi connectivity index (χ2v) is 10.9. The maximum atomic E-state index is 14.2. The Bertz CT molecular complexity index is 1040. The lowest BCUT2D eigenvalue weighted by molar-refractivity contribution is -0.148. The van der Waals surface area contributed by atoms with Gasteiger partial charge in [0.25, 0.3) is 5.91 Å². The van der Waals surface area contributed by atoms with Crippen LogP contribution in [0.5, 0.6) is 0 Å². The van der Waals surface area contributed by atoms with Gasteiger partial charge in [0.05, 0.1) is 19.3 Å². The average Bonchev–Trinajstić information content (AvgIpc) is 3.45. The summed E-state index contributed by atoms with van der Waals surface area (Å²) < 4.78 is 33.2. The molecule has 1 saturated heterocycles. The first-order valence-electron chi connectivity index (χ1n) is 13.0. The Morgan fingerprint density at radius 3 is 2.65 bits per heavy atom. The number of carbonyl (C=O) groups is 2. The monoisotopic (exact) mass is 533 g/mol. The molecule has 1 unspecified atom stereocenters. The number of ether oxygens (including phenoxy) is 1. The molecule has 3 rings (SSSR count). The van der Waals surface area contributed by atoms with Crippen LogP contribution in [0.3, 0.4) is 0 Å². The SMILES string of the molecule is COC(=O)c1ccc(CCCN2C(=O)C(F)(F)CC2C=C[C@@H](O)[C@@H](C)CCCCCc2ccccc2)s1. The Morgan fingerprint density at radius 1 is 1.16 bits per heavy atom. The highest BCUT2D eigenvalue weighted by atomic mass is 32.1. The highest BCUT2D eigenvalue weighted by Gasteiger charge is 2.52. The molecule has 37 heavy (non-hydrogen) atoms. The number of halogens is 2. The summed E-state index contributed by atoms with van der Waals surface area (Å²) in [4.78, 5) is 26.6. The van der Waals surface area contributed by atoms with E-state index < -0.39 is 36.4 Å². The molecule has 1 aliphatic rings. The van der Waals surface area contributed by atoms with E-state index in [4.69, 9.17) is 4.74 Å². The van der Waals surface area contributed by atoms with E-state index in [1.54, 1.807) is 18.2 Å². The van der Waals surface area contributed by atoms with E-state index in [-0.39, 0.29) is 12.5 Å². The Balaban J connectivity index is 1.45. The molecule has 1 amide bonds. The molecule has 0 radical (unpaired) electrons. The van der Waals surface area contributed by atoms with Crippen LogP contribution in [-0.2, 0) is 22.4 Å². The summed E-state index contributed by atoms with van der Waals surface area (Å²) in [7, 11) is 1.32. The topological polar surface area (TPSA) is 66.8 Å². The van der Waals surface area contributed by atoms with Crippen LogP contribution in [-0.4, -0.2) is 53.6 Å². The van der Waals surface area contributed by atoms with Crippen molar-refractivity contribution >= 4 is 23.2 Å². The van der Waals surface area contributed by atoms with E-state index in [0.717, 1.165) is 37.0 Å². The molecule has 1 aromatic heterocycles. The van der Waals surface area contributed by atoms with E-state index in [1.807, 2.05) is 31.2 Å². The Kier molecular flexibility index (Phi) is 10.8. The third-order valence-corrected chi connectivity index (χ3v) is 8.02. The number of hydrogen-bond acceptors (Lipinski definition) is 5. The smallest absolute Gasteiger partial charge is 0.348 e. The van der Waals surface area contributed by atoms with Gasteiger partial charge in [-0.15, -0.1) is 11.3 Å². The van der Waals surface area contributed by atoms with Crippen LogP contribution in [0.4, 0.5) is 8.78 Å². The third-order valence-electron chi connectivity index (χ3n) is 6.89. The van der Waals surface area contributed by atoms with Crippen LogP contribution < -0.4 is 0 Å². The lowest BCUT2D eigenvalue weighted by Gasteiger charge is -2.22. The first-order valence-corrected chi connectivity index (χ1v) is 13.8. The van der Waals surface area contributed by atoms with Gasteiger partial charge in [-0.2, -0.15) is 8.78 Å². The molecule has 1 aliphatic heterocycles. The first kappa shape index (κ1) is 29.0. The minimum Gasteiger partial charge on any atom is -0.465 e. The number of benzene rings is 1. The standard InChI is InChI=1S/C29H37F2NO4S/c1-21(10-5-3-6-11-22-12-7-4-8-13-22)25(33)17-15-23-20-29(30,31)28(35)32(23)19-9-14-24-16-18-26(37-24)27(34)36-2/h4,7-8,12-13,15-18,21,23,25,33H,3,5-6,9-11,14,19-20H2,1-2H3/t21-,23?,25+/m0/s1. The zero-order chi connectivity index (χ0) is 26.8. The lowest BCUT2D eigenvalue weighted by atomic mass is 9.95. The molecule has 0 saturated carbocycles. The van der Waals surface area contributed by atoms with Gasteiger partial charge in [-0.3, -0.25) is 4.79 Å². The van der Waals surface area contributed by atoms with Crippen LogP contribution in [0, 0.1) is 5.92 Å². The molecule has 1 fully saturated rings. The van der Waals surface area contributed by atoms with E-state index in [1.165, 1.54) is 28.9 Å². The molecule has 1 N–H and O–H groups in total. The maximum Gasteiger partial charge on any atom is 0.348 e. The zero-order valence-electron chi connectivity index (χ0n) is 21.6. The number of hydrogen-bond donors (Lipinski definition) is 1. The van der Waals surface area contributed by atoms with Gasteiger partial charge in [0.2, 0.25) is 0 Å². The molecule has 0 spiro atoms. The lowest BCUT2D eigenvalue weighted by Crippen LogP contribution is -2.36. The van der Waals surface area contributed by atoms with E-state index >= 15 is 0 Å². The van der Waals surface area contributed by atoms with Gasteiger partial charge in [0.15, 0.2) is 0 Å². The summed E-state index contributed by atoms with van der Waals surface area (Å²) in [6.45, 7) is 2.14. The fourth-order valence-corrected chi connectivity index (χ4v) is 5.59. The van der Waals surface area contributed by atoms with Gasteiger partial charge in [-0.05, 0) is 55.7 Å². The second kappa shape index (κ2) is 13.8. The normalized spacial score (nSPS) is 18.9. The number of likely N-dealkylation sites (tertiary alicyclic amines) is 1. The predicted octanol–water partition coefficient (Wildman–Crippen LogP) is 6.06. The summed E-state index contributed by atoms with van der Waals surface area (Å²) >= 11 is 1.30. The van der Waals surface area contributed by atoms with Crippen LogP contribution in [0.25, 0.3) is 0 Å². The molecule has 0 bridgehead atoms. The van der Waals surface area contributed by atoms with Crippen LogP contribution in [0.1, 0.15) is 65.6 Å². The number of aliphatic hydroxyl groups excluding tert-OH is 1. The van der Waals surface area contributed by atoms with Gasteiger partial charge in [0, 0.05) is 17.8 Å². The quantitative estimate of drug-likeness (QED) is 0.182. The van der Waals surface area contributed by atoms with Crippen molar-refractivity contribution in [1.29, 1.82) is 0 Å². The predicted molar refractivity (Wildman–Crippen MR) is 142 cm³/mol. The fourth-order valence-electron chi connectivity index (χ4n) is 4.63. The number of unbranched alkanes of at least 4 members (excludes halogenated alkanes) is 2. The Morgan fingerprint density at radius 2 is 1.92 bits per heavy atom. The number of aryl methyl sites for hydroxylation is 2. The van der Waals surface area contributed by atoms with Gasteiger partial charge in [-0.1, -0.05) is 62.2 Å². The van der Waals surface area contributed by atoms with Crippen molar-refractivity contribution in [3.8, 4) is 0 Å². The molecule has 0 aliphatic carbocycles. The summed E-state index contributed by atoms with van der Waals surface area (Å²) in [6.07, 6.45) is 7.91. The largest absolute Gasteiger partial charge is 0.465 e. The van der Waals surface area contributed by atoms with Crippen molar-refractivity contribution < 1.29 is 28.2 Å². The van der Waals surface area contributed by atoms with Crippen molar-refractivity contribution in [3.05, 3.63) is 69.9 Å². The highest BCUT2D eigenvalue weighted by molar-refractivity contribution is 7.13. The average molecular weight is 534 g/mol. The fraction of sp³-hybridized carbons (Fsp3) is 0.517. The molecule has 2 aromatic rings. The van der Waals surface area contributed by atoms with Crippen molar-refractivity contribution in [2.45, 2.75) is 76.4 Å². The number of aliphatic hydroxyl groups is 1. The van der Waals surface area contributed by atoms with Gasteiger partial charge >= 0.3 is 11.9 Å². The molecule has 8 heteroatoms. The highest BCUT2D eigenvalue weighted by Crippen LogP contribution is 2.34. The summed E-state index contributed by atoms with van der Waals surface area (Å²) in [6, 6.07) is 13.1. The summed E-state index contributed by atoms with van der Waals surface area (Å²) in [5, 5.41) is 10.6. The van der Waals surface area contributed by atoms with Crippen molar-refractivity contribution in [3.63, 3.8) is 0 Å². The summed E-state index contributed by atoms with van der Waals surface area (Å²) in [5.74, 6) is -4.96. The van der Waals surface area contributed by atoms with Gasteiger partial charge < -0.3 is 14.7 Å². The molecule has 2 heterocycles. The second-order valence-electron chi connectivity index (χ2n) is 9.77. The Hall–Kier alpha value is -2.58. The van der Waals surface area contributed by atoms with Gasteiger partial charge in [0.1, 0.15) is 4.88 Å². The molecule has 202 valence electrons. The Labute approximate surface area is 222 Å². The molecule has 1 aromatic carbocycles. The molecular formula is C29H37F2NO4S. The number of carbonyl (C=O) groups excluding carboxylic acids is 2. The van der Waals surface area contributed by atoms with Crippen LogP contribution in [0.2, 0.25) is 0 Å². The minimum atomic E-state index is -3.40. The van der Waals surface area contributed by atoms with Crippen molar-refractivity contribution in [1.82, 2.24) is 4.90 Å². The van der Waals surface area contributed by atoms with Crippen molar-refractivity contribution in [2.24, 2.45) is 5.92 Å². The summed E-state index contributed by atoms with van der Waals surface area (Å²) in [5.41, 5.74) is 1.33. The van der Waals surface area contributed by atoms with Crippen molar-refractivity contribution in [2.75, 3.05) is 13.7 Å². The van der Waals surface area contributed by atoms with Crippen LogP contribution >= 0.6 is 11.3 Å². The minimum absolute atomic E-state index is 0.00174. The number of amides is 1. The number of nitrogens with zero attached hydrogens (tertiary/aromatic N) is 1. The number of rotatable bonds is 14. The molecular weight excluding hydrogens is 496 g/mol. The molecule has 3 atom stereocenters. The number of esters is 1. The molecule has 5 nitrogen and oxygen atoms in total. The van der Waals surface area contributed by atoms with E-state index in [2.05, 4.69) is 12.1 Å². The number of methoxy groups -OCH3 is 1. The maximum absolute atomic E-state index is 14.2. The van der Waals surface area contributed by atoms with E-state index in [9.17, 15) is 23.5 Å². The zero-order valence-corrected chi connectivity index (χ0v) is 22.4. The first-order chi connectivity index (χ1) is 17.7. The van der Waals surface area contributed by atoms with E-state index in [0.29, 0.717) is 17.7 Å². The third kappa shape index (κ3) is 8.47.